The molecule has 1 fully saturated rings. The zero-order valence-electron chi connectivity index (χ0n) is 16.7. The number of amides is 1. The SMILES string of the molecule is Cc1cccc(Cn2nccc2NC(=O)c2ccc(N3CCCC3)c([N+](=O)[O-])c2)c1. The molecular weight excluding hydrogens is 382 g/mol. The predicted octanol–water partition coefficient (Wildman–Crippen LogP) is 4.00. The first-order valence-corrected chi connectivity index (χ1v) is 9.93. The second-order valence-electron chi connectivity index (χ2n) is 7.47. The van der Waals surface area contributed by atoms with E-state index in [4.69, 9.17) is 0 Å². The van der Waals surface area contributed by atoms with Crippen LogP contribution in [0.15, 0.2) is 54.7 Å². The van der Waals surface area contributed by atoms with Gasteiger partial charge in [0, 0.05) is 30.8 Å². The Bertz CT molecular complexity index is 1090. The summed E-state index contributed by atoms with van der Waals surface area (Å²) in [6.45, 7) is 4.13. The molecule has 0 aliphatic carbocycles. The van der Waals surface area contributed by atoms with Gasteiger partial charge in [-0.3, -0.25) is 14.9 Å². The Hall–Kier alpha value is -3.68. The van der Waals surface area contributed by atoms with E-state index >= 15 is 0 Å². The van der Waals surface area contributed by atoms with Crippen molar-refractivity contribution in [1.82, 2.24) is 9.78 Å². The Morgan fingerprint density at radius 1 is 1.17 bits per heavy atom. The van der Waals surface area contributed by atoms with E-state index in [1.165, 1.54) is 6.07 Å². The first-order valence-electron chi connectivity index (χ1n) is 9.93. The van der Waals surface area contributed by atoms with Gasteiger partial charge in [-0.2, -0.15) is 5.10 Å². The number of rotatable bonds is 6. The second kappa shape index (κ2) is 8.36. The number of benzene rings is 2. The summed E-state index contributed by atoms with van der Waals surface area (Å²) < 4.78 is 1.69. The number of nitrogens with zero attached hydrogens (tertiary/aromatic N) is 4. The monoisotopic (exact) mass is 405 g/mol. The first kappa shape index (κ1) is 19.6. The minimum atomic E-state index is -0.424. The fraction of sp³-hybridized carbons (Fsp3) is 0.273. The lowest BCUT2D eigenvalue weighted by atomic mass is 10.1. The van der Waals surface area contributed by atoms with E-state index in [1.54, 1.807) is 29.1 Å². The van der Waals surface area contributed by atoms with Crippen molar-refractivity contribution in [3.8, 4) is 0 Å². The number of aryl methyl sites for hydroxylation is 1. The van der Waals surface area contributed by atoms with E-state index < -0.39 is 10.8 Å². The molecule has 2 aromatic carbocycles. The largest absolute Gasteiger partial charge is 0.366 e. The molecular formula is C22H23N5O3. The number of hydrogen-bond donors (Lipinski definition) is 1. The summed E-state index contributed by atoms with van der Waals surface area (Å²) in [4.78, 5) is 26.0. The maximum Gasteiger partial charge on any atom is 0.293 e. The minimum Gasteiger partial charge on any atom is -0.366 e. The van der Waals surface area contributed by atoms with Crippen LogP contribution in [0.4, 0.5) is 17.2 Å². The van der Waals surface area contributed by atoms with Gasteiger partial charge in [-0.15, -0.1) is 0 Å². The van der Waals surface area contributed by atoms with Crippen molar-refractivity contribution >= 4 is 23.1 Å². The molecule has 0 radical (unpaired) electrons. The molecule has 1 amide bonds. The van der Waals surface area contributed by atoms with Crippen molar-refractivity contribution in [3.05, 3.63) is 81.5 Å². The molecule has 1 aliphatic rings. The normalized spacial score (nSPS) is 13.4. The number of hydrogen-bond acceptors (Lipinski definition) is 5. The number of nitrogens with one attached hydrogen (secondary N) is 1. The van der Waals surface area contributed by atoms with Crippen molar-refractivity contribution in [2.75, 3.05) is 23.3 Å². The third kappa shape index (κ3) is 4.17. The molecule has 1 saturated heterocycles. The van der Waals surface area contributed by atoms with Gasteiger partial charge in [0.25, 0.3) is 11.6 Å². The standard InChI is InChI=1S/C22H23N5O3/c1-16-5-4-6-17(13-16)15-26-21(9-10-23-26)24-22(28)18-7-8-19(20(14-18)27(29)30)25-11-2-3-12-25/h4-10,13-14H,2-3,11-12,15H2,1H3,(H,24,28). The summed E-state index contributed by atoms with van der Waals surface area (Å²) in [5.41, 5.74) is 2.99. The molecule has 0 atom stereocenters. The zero-order chi connectivity index (χ0) is 21.1. The summed E-state index contributed by atoms with van der Waals surface area (Å²) in [5.74, 6) is 0.129. The van der Waals surface area contributed by atoms with Crippen LogP contribution in [0.25, 0.3) is 0 Å². The lowest BCUT2D eigenvalue weighted by Gasteiger charge is -2.18. The maximum absolute atomic E-state index is 12.8. The smallest absolute Gasteiger partial charge is 0.293 e. The van der Waals surface area contributed by atoms with Crippen LogP contribution < -0.4 is 10.2 Å². The van der Waals surface area contributed by atoms with E-state index in [1.807, 2.05) is 30.0 Å². The van der Waals surface area contributed by atoms with Crippen LogP contribution in [0.5, 0.6) is 0 Å². The lowest BCUT2D eigenvalue weighted by Crippen LogP contribution is -2.20. The minimum absolute atomic E-state index is 0.0437. The molecule has 4 rings (SSSR count). The van der Waals surface area contributed by atoms with Gasteiger partial charge in [-0.25, -0.2) is 4.68 Å². The van der Waals surface area contributed by atoms with E-state index in [2.05, 4.69) is 16.5 Å². The molecule has 2 heterocycles. The fourth-order valence-corrected chi connectivity index (χ4v) is 3.77. The van der Waals surface area contributed by atoms with E-state index in [9.17, 15) is 14.9 Å². The van der Waals surface area contributed by atoms with Gasteiger partial charge in [0.2, 0.25) is 0 Å². The van der Waals surface area contributed by atoms with Gasteiger partial charge < -0.3 is 10.2 Å². The topological polar surface area (TPSA) is 93.3 Å². The Balaban J connectivity index is 1.54. The molecule has 1 aliphatic heterocycles. The van der Waals surface area contributed by atoms with Gasteiger partial charge in [-0.1, -0.05) is 29.8 Å². The van der Waals surface area contributed by atoms with Gasteiger partial charge in [-0.05, 0) is 37.5 Å². The fourth-order valence-electron chi connectivity index (χ4n) is 3.77. The highest BCUT2D eigenvalue weighted by atomic mass is 16.6. The highest BCUT2D eigenvalue weighted by Crippen LogP contribution is 2.31. The molecule has 8 heteroatoms. The number of anilines is 2. The van der Waals surface area contributed by atoms with Gasteiger partial charge >= 0.3 is 0 Å². The third-order valence-corrected chi connectivity index (χ3v) is 5.25. The highest BCUT2D eigenvalue weighted by Gasteiger charge is 2.24. The van der Waals surface area contributed by atoms with Crippen molar-refractivity contribution < 1.29 is 9.72 Å². The lowest BCUT2D eigenvalue weighted by molar-refractivity contribution is -0.384. The van der Waals surface area contributed by atoms with Crippen LogP contribution >= 0.6 is 0 Å². The second-order valence-corrected chi connectivity index (χ2v) is 7.47. The number of carbonyl (C=O) groups excluding carboxylic acids is 1. The van der Waals surface area contributed by atoms with E-state index in [0.717, 1.165) is 37.1 Å². The van der Waals surface area contributed by atoms with Gasteiger partial charge in [0.15, 0.2) is 0 Å². The van der Waals surface area contributed by atoms with Crippen molar-refractivity contribution in [2.24, 2.45) is 0 Å². The van der Waals surface area contributed by atoms with Crippen LogP contribution in [0, 0.1) is 17.0 Å². The van der Waals surface area contributed by atoms with Crippen molar-refractivity contribution in [1.29, 1.82) is 0 Å². The summed E-state index contributed by atoms with van der Waals surface area (Å²) in [5, 5.41) is 18.7. The van der Waals surface area contributed by atoms with Crippen LogP contribution in [0.1, 0.15) is 34.3 Å². The molecule has 30 heavy (non-hydrogen) atoms. The predicted molar refractivity (Wildman–Crippen MR) is 115 cm³/mol. The van der Waals surface area contributed by atoms with Crippen LogP contribution in [0.3, 0.4) is 0 Å². The quantitative estimate of drug-likeness (QED) is 0.494. The van der Waals surface area contributed by atoms with Gasteiger partial charge in [0.05, 0.1) is 17.7 Å². The Morgan fingerprint density at radius 2 is 1.97 bits per heavy atom. The molecule has 0 spiro atoms. The summed E-state index contributed by atoms with van der Waals surface area (Å²) in [6, 6.07) is 14.4. The van der Waals surface area contributed by atoms with Crippen LogP contribution in [-0.2, 0) is 6.54 Å². The van der Waals surface area contributed by atoms with Crippen molar-refractivity contribution in [2.45, 2.75) is 26.3 Å². The number of nitro benzene ring substituents is 1. The zero-order valence-corrected chi connectivity index (χ0v) is 16.7. The summed E-state index contributed by atoms with van der Waals surface area (Å²) >= 11 is 0. The molecule has 1 N–H and O–H groups in total. The molecule has 0 saturated carbocycles. The van der Waals surface area contributed by atoms with Crippen LogP contribution in [0.2, 0.25) is 0 Å². The molecule has 154 valence electrons. The molecule has 0 unspecified atom stereocenters. The Morgan fingerprint density at radius 3 is 2.70 bits per heavy atom. The molecule has 0 bridgehead atoms. The number of aromatic nitrogens is 2. The van der Waals surface area contributed by atoms with E-state index in [0.29, 0.717) is 18.1 Å². The summed E-state index contributed by atoms with van der Waals surface area (Å²) in [7, 11) is 0. The van der Waals surface area contributed by atoms with E-state index in [-0.39, 0.29) is 11.3 Å². The highest BCUT2D eigenvalue weighted by molar-refractivity contribution is 6.04. The molecule has 8 nitrogen and oxygen atoms in total. The van der Waals surface area contributed by atoms with Crippen molar-refractivity contribution in [3.63, 3.8) is 0 Å². The average Bonchev–Trinajstić information content (AvgIpc) is 3.40. The maximum atomic E-state index is 12.8. The third-order valence-electron chi connectivity index (χ3n) is 5.25. The van der Waals surface area contributed by atoms with Crippen LogP contribution in [-0.4, -0.2) is 33.7 Å². The Kier molecular flexibility index (Phi) is 5.47. The summed E-state index contributed by atoms with van der Waals surface area (Å²) in [6.07, 6.45) is 3.65. The first-order chi connectivity index (χ1) is 14.5. The number of nitro groups is 1. The number of carbonyl (C=O) groups is 1. The molecule has 1 aromatic heterocycles. The Labute approximate surface area is 174 Å². The average molecular weight is 405 g/mol. The molecule has 3 aromatic rings. The van der Waals surface area contributed by atoms with Gasteiger partial charge in [0.1, 0.15) is 11.5 Å².